The molecule has 0 bridgehead atoms. The molecule has 0 unspecified atom stereocenters. The fourth-order valence-electron chi connectivity index (χ4n) is 2.21. The molecule has 1 aliphatic heterocycles. The molecule has 0 atom stereocenters. The summed E-state index contributed by atoms with van der Waals surface area (Å²) in [6.45, 7) is 2.18. The summed E-state index contributed by atoms with van der Waals surface area (Å²) in [5.74, 6) is 0.131. The monoisotopic (exact) mass is 326 g/mol. The first-order chi connectivity index (χ1) is 10.9. The Balaban J connectivity index is 1.96. The van der Waals surface area contributed by atoms with Gasteiger partial charge in [-0.2, -0.15) is 18.4 Å². The van der Waals surface area contributed by atoms with E-state index in [1.54, 1.807) is 13.0 Å². The molecule has 8 heteroatoms. The van der Waals surface area contributed by atoms with E-state index in [1.807, 2.05) is 22.3 Å². The third-order valence-electron chi connectivity index (χ3n) is 3.26. The normalized spacial score (nSPS) is 15.0. The van der Waals surface area contributed by atoms with E-state index in [4.69, 9.17) is 10.00 Å². The molecule has 0 radical (unpaired) electrons. The molecule has 23 heavy (non-hydrogen) atoms. The molecular weight excluding hydrogens is 309 g/mol. The molecule has 0 aromatic carbocycles. The summed E-state index contributed by atoms with van der Waals surface area (Å²) in [4.78, 5) is 4.16. The van der Waals surface area contributed by atoms with Crippen LogP contribution in [0.3, 0.4) is 0 Å². The summed E-state index contributed by atoms with van der Waals surface area (Å²) >= 11 is 0. The number of aryl methyl sites for hydroxylation is 1. The van der Waals surface area contributed by atoms with Crippen molar-refractivity contribution >= 4 is 0 Å². The third-order valence-corrected chi connectivity index (χ3v) is 3.26. The van der Waals surface area contributed by atoms with E-state index < -0.39 is 12.8 Å². The van der Waals surface area contributed by atoms with Crippen LogP contribution >= 0.6 is 0 Å². The highest BCUT2D eigenvalue weighted by molar-refractivity contribution is 5.31. The Hall–Kier alpha value is -2.27. The van der Waals surface area contributed by atoms with Crippen LogP contribution in [0, 0.1) is 18.3 Å². The highest BCUT2D eigenvalue weighted by Gasteiger charge is 2.28. The molecule has 124 valence electrons. The molecule has 1 aromatic heterocycles. The first-order valence-electron chi connectivity index (χ1n) is 7.09. The van der Waals surface area contributed by atoms with Crippen molar-refractivity contribution in [3.05, 3.63) is 35.8 Å². The Morgan fingerprint density at radius 3 is 2.87 bits per heavy atom. The SMILES string of the molecule is Cc1cc(CN2CC=CN2CCC#N)ncc1OCC(F)(F)F. The van der Waals surface area contributed by atoms with Crippen molar-refractivity contribution in [2.24, 2.45) is 0 Å². The smallest absolute Gasteiger partial charge is 0.422 e. The molecule has 5 nitrogen and oxygen atoms in total. The Bertz CT molecular complexity index is 610. The maximum Gasteiger partial charge on any atom is 0.422 e. The van der Waals surface area contributed by atoms with Crippen molar-refractivity contribution in [1.82, 2.24) is 15.0 Å². The maximum atomic E-state index is 12.2. The van der Waals surface area contributed by atoms with Crippen LogP contribution in [-0.4, -0.2) is 40.9 Å². The molecule has 0 spiro atoms. The number of ether oxygens (including phenoxy) is 1. The Labute approximate surface area is 132 Å². The van der Waals surface area contributed by atoms with Crippen molar-refractivity contribution in [3.63, 3.8) is 0 Å². The first-order valence-corrected chi connectivity index (χ1v) is 7.09. The molecule has 1 aromatic rings. The van der Waals surface area contributed by atoms with Gasteiger partial charge in [-0.05, 0) is 18.6 Å². The van der Waals surface area contributed by atoms with Crippen molar-refractivity contribution in [2.75, 3.05) is 19.7 Å². The van der Waals surface area contributed by atoms with Crippen LogP contribution in [0.4, 0.5) is 13.2 Å². The minimum atomic E-state index is -4.37. The van der Waals surface area contributed by atoms with E-state index in [2.05, 4.69) is 11.1 Å². The molecule has 0 N–H and O–H groups in total. The zero-order chi connectivity index (χ0) is 16.9. The number of halogens is 3. The maximum absolute atomic E-state index is 12.2. The molecular formula is C15H17F3N4O. The molecule has 0 aliphatic carbocycles. The van der Waals surface area contributed by atoms with Crippen LogP contribution in [0.5, 0.6) is 5.75 Å². The van der Waals surface area contributed by atoms with Crippen LogP contribution in [0.25, 0.3) is 0 Å². The number of hydrogen-bond donors (Lipinski definition) is 0. The number of aromatic nitrogens is 1. The van der Waals surface area contributed by atoms with Gasteiger partial charge in [-0.15, -0.1) is 0 Å². The average Bonchev–Trinajstić information content (AvgIpc) is 2.90. The number of rotatable bonds is 6. The minimum absolute atomic E-state index is 0.131. The molecule has 1 aliphatic rings. The molecule has 0 amide bonds. The van der Waals surface area contributed by atoms with E-state index in [0.717, 1.165) is 5.69 Å². The van der Waals surface area contributed by atoms with Gasteiger partial charge in [0.25, 0.3) is 0 Å². The summed E-state index contributed by atoms with van der Waals surface area (Å²) in [6, 6.07) is 3.81. The second kappa shape index (κ2) is 7.33. The highest BCUT2D eigenvalue weighted by atomic mass is 19.4. The number of pyridine rings is 1. The van der Waals surface area contributed by atoms with Gasteiger partial charge in [-0.25, -0.2) is 5.01 Å². The predicted octanol–water partition coefficient (Wildman–Crippen LogP) is 2.79. The van der Waals surface area contributed by atoms with Gasteiger partial charge in [-0.1, -0.05) is 6.08 Å². The molecule has 2 rings (SSSR count). The fraction of sp³-hybridized carbons (Fsp3) is 0.467. The first kappa shape index (κ1) is 17.1. The summed E-state index contributed by atoms with van der Waals surface area (Å²) in [6.07, 6.45) is 1.25. The summed E-state index contributed by atoms with van der Waals surface area (Å²) in [5.41, 5.74) is 1.34. The Kier molecular flexibility index (Phi) is 5.45. The lowest BCUT2D eigenvalue weighted by molar-refractivity contribution is -0.153. The van der Waals surface area contributed by atoms with Gasteiger partial charge in [0.1, 0.15) is 5.75 Å². The van der Waals surface area contributed by atoms with E-state index >= 15 is 0 Å². The quantitative estimate of drug-likeness (QED) is 0.804. The van der Waals surface area contributed by atoms with Gasteiger partial charge in [-0.3, -0.25) is 4.98 Å². The van der Waals surface area contributed by atoms with Crippen LogP contribution in [0.1, 0.15) is 17.7 Å². The number of nitriles is 1. The second-order valence-electron chi connectivity index (χ2n) is 5.15. The topological polar surface area (TPSA) is 52.4 Å². The van der Waals surface area contributed by atoms with Gasteiger partial charge in [0.05, 0.1) is 30.9 Å². The van der Waals surface area contributed by atoms with Gasteiger partial charge < -0.3 is 9.75 Å². The lowest BCUT2D eigenvalue weighted by Gasteiger charge is -2.28. The lowest BCUT2D eigenvalue weighted by atomic mass is 10.2. The number of hydrogen-bond acceptors (Lipinski definition) is 5. The molecule has 0 saturated carbocycles. The second-order valence-corrected chi connectivity index (χ2v) is 5.15. The summed E-state index contributed by atoms with van der Waals surface area (Å²) in [7, 11) is 0. The number of alkyl halides is 3. The van der Waals surface area contributed by atoms with Gasteiger partial charge >= 0.3 is 6.18 Å². The van der Waals surface area contributed by atoms with E-state index in [9.17, 15) is 13.2 Å². The van der Waals surface area contributed by atoms with E-state index in [0.29, 0.717) is 31.6 Å². The molecule has 0 fully saturated rings. The third kappa shape index (κ3) is 5.14. The standard InChI is InChI=1S/C15H17F3N4O/c1-12-8-13(20-9-14(12)23-11-15(16,17)18)10-22-7-3-6-21(22)5-2-4-19/h3,6,8-9H,2,5,7,10-11H2,1H3. The minimum Gasteiger partial charge on any atom is -0.482 e. The average molecular weight is 326 g/mol. The van der Waals surface area contributed by atoms with Crippen LogP contribution < -0.4 is 4.74 Å². The van der Waals surface area contributed by atoms with Crippen molar-refractivity contribution < 1.29 is 17.9 Å². The Morgan fingerprint density at radius 2 is 2.22 bits per heavy atom. The van der Waals surface area contributed by atoms with Crippen molar-refractivity contribution in [2.45, 2.75) is 26.1 Å². The fourth-order valence-corrected chi connectivity index (χ4v) is 2.21. The van der Waals surface area contributed by atoms with E-state index in [1.165, 1.54) is 6.20 Å². The highest BCUT2D eigenvalue weighted by Crippen LogP contribution is 2.22. The van der Waals surface area contributed by atoms with Crippen LogP contribution in [0.15, 0.2) is 24.5 Å². The summed E-state index contributed by atoms with van der Waals surface area (Å²) < 4.78 is 41.3. The van der Waals surface area contributed by atoms with Gasteiger partial charge in [0, 0.05) is 19.3 Å². The zero-order valence-electron chi connectivity index (χ0n) is 12.7. The van der Waals surface area contributed by atoms with Crippen molar-refractivity contribution in [3.8, 4) is 11.8 Å². The van der Waals surface area contributed by atoms with Crippen LogP contribution in [0.2, 0.25) is 0 Å². The lowest BCUT2D eigenvalue weighted by Crippen LogP contribution is -2.35. The summed E-state index contributed by atoms with van der Waals surface area (Å²) in [5, 5.41) is 12.6. The molecule has 2 heterocycles. The van der Waals surface area contributed by atoms with Crippen LogP contribution in [-0.2, 0) is 6.54 Å². The van der Waals surface area contributed by atoms with Gasteiger partial charge in [0.2, 0.25) is 0 Å². The van der Waals surface area contributed by atoms with E-state index in [-0.39, 0.29) is 5.75 Å². The zero-order valence-corrected chi connectivity index (χ0v) is 12.7. The van der Waals surface area contributed by atoms with Crippen molar-refractivity contribution in [1.29, 1.82) is 5.26 Å². The predicted molar refractivity (Wildman–Crippen MR) is 77.0 cm³/mol. The number of hydrazine groups is 1. The Morgan fingerprint density at radius 1 is 1.43 bits per heavy atom. The van der Waals surface area contributed by atoms with Gasteiger partial charge in [0.15, 0.2) is 6.61 Å². The molecule has 0 saturated heterocycles. The largest absolute Gasteiger partial charge is 0.482 e. The number of nitrogens with zero attached hydrogens (tertiary/aromatic N) is 4.